The van der Waals surface area contributed by atoms with Gasteiger partial charge in [0.15, 0.2) is 5.65 Å². The standard InChI is InChI=1S/C25H25N7O4/c1-36-19-12-16(6-7-18(19)30-24(33)14-2-4-15(5-3-14)25(34)35)21-20-22(26)28-13-29-23(20)32(31-21)17-8-10-27-11-9-17/h2-7,12-13,17,27H,8-11H2,1H3,(H,30,33)(H,34,35)(H2,26,28,29). The van der Waals surface area contributed by atoms with Gasteiger partial charge in [0.1, 0.15) is 23.6 Å². The molecule has 0 spiro atoms. The van der Waals surface area contributed by atoms with Gasteiger partial charge in [-0.2, -0.15) is 5.10 Å². The van der Waals surface area contributed by atoms with Gasteiger partial charge >= 0.3 is 5.97 Å². The number of hydrogen-bond donors (Lipinski definition) is 4. The van der Waals surface area contributed by atoms with Gasteiger partial charge in [-0.3, -0.25) is 4.79 Å². The second kappa shape index (κ2) is 9.62. The van der Waals surface area contributed by atoms with Crippen LogP contribution in [-0.2, 0) is 0 Å². The van der Waals surface area contributed by atoms with E-state index < -0.39 is 11.9 Å². The van der Waals surface area contributed by atoms with Gasteiger partial charge in [-0.15, -0.1) is 0 Å². The summed E-state index contributed by atoms with van der Waals surface area (Å²) in [5, 5.41) is 20.8. The molecule has 0 aliphatic carbocycles. The van der Waals surface area contributed by atoms with Gasteiger partial charge in [-0.1, -0.05) is 6.07 Å². The van der Waals surface area contributed by atoms with Crippen molar-refractivity contribution in [1.82, 2.24) is 25.1 Å². The fourth-order valence-electron chi connectivity index (χ4n) is 4.40. The van der Waals surface area contributed by atoms with Crippen LogP contribution >= 0.6 is 0 Å². The van der Waals surface area contributed by atoms with Crippen LogP contribution in [0.2, 0.25) is 0 Å². The molecule has 0 atom stereocenters. The highest BCUT2D eigenvalue weighted by molar-refractivity contribution is 6.06. The number of carbonyl (C=O) groups is 2. The molecule has 11 heteroatoms. The Balaban J connectivity index is 1.48. The SMILES string of the molecule is COc1cc(-c2nn(C3CCNCC3)c3ncnc(N)c23)ccc1NC(=O)c1ccc(C(=O)O)cc1. The Bertz CT molecular complexity index is 1440. The van der Waals surface area contributed by atoms with Gasteiger partial charge in [0.2, 0.25) is 0 Å². The summed E-state index contributed by atoms with van der Waals surface area (Å²) >= 11 is 0. The Kier molecular flexibility index (Phi) is 6.21. The molecule has 1 aliphatic heterocycles. The molecule has 2 aromatic heterocycles. The Morgan fingerprint density at radius 1 is 1.11 bits per heavy atom. The smallest absolute Gasteiger partial charge is 0.335 e. The summed E-state index contributed by atoms with van der Waals surface area (Å²) in [7, 11) is 1.51. The van der Waals surface area contributed by atoms with E-state index in [1.807, 2.05) is 10.7 Å². The lowest BCUT2D eigenvalue weighted by molar-refractivity contribution is 0.0696. The van der Waals surface area contributed by atoms with Crippen molar-refractivity contribution in [3.63, 3.8) is 0 Å². The van der Waals surface area contributed by atoms with Gasteiger partial charge in [-0.05, 0) is 62.3 Å². The minimum absolute atomic E-state index is 0.105. The number of ether oxygens (including phenoxy) is 1. The molecule has 5 rings (SSSR count). The van der Waals surface area contributed by atoms with E-state index in [0.717, 1.165) is 31.5 Å². The number of hydrogen-bond acceptors (Lipinski definition) is 8. The second-order valence-corrected chi connectivity index (χ2v) is 8.48. The summed E-state index contributed by atoms with van der Waals surface area (Å²) in [6, 6.07) is 11.2. The van der Waals surface area contributed by atoms with E-state index in [0.29, 0.717) is 39.5 Å². The van der Waals surface area contributed by atoms with Gasteiger partial charge in [0.05, 0.1) is 29.8 Å². The molecule has 0 bridgehead atoms. The zero-order valence-electron chi connectivity index (χ0n) is 19.6. The van der Waals surface area contributed by atoms with Crippen molar-refractivity contribution in [3.05, 3.63) is 59.9 Å². The van der Waals surface area contributed by atoms with Crippen LogP contribution in [0.25, 0.3) is 22.3 Å². The number of carbonyl (C=O) groups excluding carboxylic acids is 1. The van der Waals surface area contributed by atoms with E-state index in [-0.39, 0.29) is 11.6 Å². The number of anilines is 2. The summed E-state index contributed by atoms with van der Waals surface area (Å²) in [6.45, 7) is 1.81. The van der Waals surface area contributed by atoms with Crippen molar-refractivity contribution >= 4 is 34.4 Å². The van der Waals surface area contributed by atoms with E-state index in [9.17, 15) is 9.59 Å². The average molecular weight is 488 g/mol. The van der Waals surface area contributed by atoms with E-state index in [2.05, 4.69) is 20.6 Å². The molecular weight excluding hydrogens is 462 g/mol. The fourth-order valence-corrected chi connectivity index (χ4v) is 4.40. The maximum Gasteiger partial charge on any atom is 0.335 e. The lowest BCUT2D eigenvalue weighted by Gasteiger charge is -2.23. The minimum Gasteiger partial charge on any atom is -0.495 e. The third-order valence-corrected chi connectivity index (χ3v) is 6.29. The Morgan fingerprint density at radius 2 is 1.83 bits per heavy atom. The highest BCUT2D eigenvalue weighted by atomic mass is 16.5. The molecule has 2 aromatic carbocycles. The molecule has 0 radical (unpaired) electrons. The van der Waals surface area contributed by atoms with Crippen LogP contribution in [0, 0.1) is 0 Å². The topological polar surface area (TPSA) is 157 Å². The van der Waals surface area contributed by atoms with E-state index in [1.165, 1.54) is 37.7 Å². The summed E-state index contributed by atoms with van der Waals surface area (Å²) in [5.41, 5.74) is 9.21. The van der Waals surface area contributed by atoms with Crippen molar-refractivity contribution < 1.29 is 19.4 Å². The number of fused-ring (bicyclic) bond motifs is 1. The molecule has 5 N–H and O–H groups in total. The van der Waals surface area contributed by atoms with Crippen molar-refractivity contribution in [2.75, 3.05) is 31.2 Å². The summed E-state index contributed by atoms with van der Waals surface area (Å²) < 4.78 is 7.50. The quantitative estimate of drug-likeness (QED) is 0.321. The van der Waals surface area contributed by atoms with Crippen LogP contribution in [-0.4, -0.2) is 56.9 Å². The van der Waals surface area contributed by atoms with Crippen molar-refractivity contribution in [1.29, 1.82) is 0 Å². The highest BCUT2D eigenvalue weighted by Gasteiger charge is 2.24. The van der Waals surface area contributed by atoms with Gasteiger partial charge in [0, 0.05) is 11.1 Å². The molecule has 1 aliphatic rings. The molecule has 0 unspecified atom stereocenters. The minimum atomic E-state index is -1.06. The highest BCUT2D eigenvalue weighted by Crippen LogP contribution is 2.37. The third-order valence-electron chi connectivity index (χ3n) is 6.29. The summed E-state index contributed by atoms with van der Waals surface area (Å²) in [4.78, 5) is 32.5. The predicted molar refractivity (Wildman–Crippen MR) is 134 cm³/mol. The molecule has 0 saturated carbocycles. The van der Waals surface area contributed by atoms with Gasteiger partial charge in [0.25, 0.3) is 5.91 Å². The summed E-state index contributed by atoms with van der Waals surface area (Å²) in [5.74, 6) is -0.670. The van der Waals surface area contributed by atoms with Crippen LogP contribution in [0.5, 0.6) is 5.75 Å². The number of amides is 1. The third kappa shape index (κ3) is 4.31. The molecule has 4 aromatic rings. The Hall–Kier alpha value is -4.51. The first-order valence-corrected chi connectivity index (χ1v) is 11.5. The number of aromatic carboxylic acids is 1. The van der Waals surface area contributed by atoms with Crippen molar-refractivity contribution in [2.24, 2.45) is 0 Å². The maximum absolute atomic E-state index is 12.7. The number of nitrogen functional groups attached to an aromatic ring is 1. The largest absolute Gasteiger partial charge is 0.495 e. The number of aromatic nitrogens is 4. The zero-order valence-corrected chi connectivity index (χ0v) is 19.6. The number of nitrogens with zero attached hydrogens (tertiary/aromatic N) is 4. The van der Waals surface area contributed by atoms with Gasteiger partial charge in [-0.25, -0.2) is 19.4 Å². The first kappa shape index (κ1) is 23.2. The molecule has 1 amide bonds. The zero-order chi connectivity index (χ0) is 25.2. The normalized spacial score (nSPS) is 14.0. The Morgan fingerprint density at radius 3 is 2.53 bits per heavy atom. The average Bonchev–Trinajstić information content (AvgIpc) is 3.30. The second-order valence-electron chi connectivity index (χ2n) is 8.48. The number of nitrogens with two attached hydrogens (primary N) is 1. The first-order chi connectivity index (χ1) is 17.5. The predicted octanol–water partition coefficient (Wildman–Crippen LogP) is 2.96. The van der Waals surface area contributed by atoms with Crippen LogP contribution in [0.3, 0.4) is 0 Å². The molecule has 184 valence electrons. The van der Waals surface area contributed by atoms with Crippen LogP contribution in [0.1, 0.15) is 39.6 Å². The van der Waals surface area contributed by atoms with E-state index in [1.54, 1.807) is 12.1 Å². The molecule has 3 heterocycles. The van der Waals surface area contributed by atoms with Crippen LogP contribution < -0.4 is 21.1 Å². The molecule has 36 heavy (non-hydrogen) atoms. The Labute approximate surface area is 206 Å². The molecular formula is C25H25N7O4. The molecule has 1 fully saturated rings. The first-order valence-electron chi connectivity index (χ1n) is 11.5. The monoisotopic (exact) mass is 487 g/mol. The number of piperidine rings is 1. The van der Waals surface area contributed by atoms with Crippen molar-refractivity contribution in [3.8, 4) is 17.0 Å². The number of carboxylic acid groups (broad SMARTS) is 1. The van der Waals surface area contributed by atoms with E-state index >= 15 is 0 Å². The lowest BCUT2D eigenvalue weighted by atomic mass is 10.1. The van der Waals surface area contributed by atoms with E-state index in [4.69, 9.17) is 20.7 Å². The number of carboxylic acids is 1. The number of benzene rings is 2. The van der Waals surface area contributed by atoms with Crippen LogP contribution in [0.4, 0.5) is 11.5 Å². The number of nitrogens with one attached hydrogen (secondary N) is 2. The van der Waals surface area contributed by atoms with Crippen molar-refractivity contribution in [2.45, 2.75) is 18.9 Å². The van der Waals surface area contributed by atoms with Crippen LogP contribution in [0.15, 0.2) is 48.8 Å². The molecule has 1 saturated heterocycles. The fraction of sp³-hybridized carbons (Fsp3) is 0.240. The number of methoxy groups -OCH3 is 1. The van der Waals surface area contributed by atoms with Gasteiger partial charge < -0.3 is 26.2 Å². The molecule has 11 nitrogen and oxygen atoms in total. The summed E-state index contributed by atoms with van der Waals surface area (Å²) in [6.07, 6.45) is 3.31. The number of rotatable bonds is 6. The maximum atomic E-state index is 12.7. The lowest BCUT2D eigenvalue weighted by Crippen LogP contribution is -2.30.